The number of H-pyrrole nitrogens is 1. The summed E-state index contributed by atoms with van der Waals surface area (Å²) in [7, 11) is 2.93. The summed E-state index contributed by atoms with van der Waals surface area (Å²) in [6, 6.07) is 7.25. The molecule has 0 aliphatic heterocycles. The molecule has 0 saturated carbocycles. The van der Waals surface area contributed by atoms with Gasteiger partial charge in [0.05, 0.1) is 24.8 Å². The molecular weight excluding hydrogens is 356 g/mol. The highest BCUT2D eigenvalue weighted by molar-refractivity contribution is 6.30. The molecule has 0 aliphatic carbocycles. The third kappa shape index (κ3) is 4.32. The second-order valence-electron chi connectivity index (χ2n) is 6.08. The van der Waals surface area contributed by atoms with E-state index >= 15 is 0 Å². The minimum atomic E-state index is -0.577. The van der Waals surface area contributed by atoms with Crippen LogP contribution < -0.4 is 0 Å². The van der Waals surface area contributed by atoms with E-state index in [9.17, 15) is 14.4 Å². The molecule has 0 atom stereocenters. The molecule has 0 radical (unpaired) electrons. The highest BCUT2D eigenvalue weighted by Crippen LogP contribution is 2.21. The van der Waals surface area contributed by atoms with Crippen LogP contribution in [0.15, 0.2) is 24.3 Å². The lowest BCUT2D eigenvalue weighted by Gasteiger charge is -2.17. The third-order valence-corrected chi connectivity index (χ3v) is 4.37. The Balaban J connectivity index is 2.23. The number of nitrogens with zero attached hydrogens (tertiary/aromatic N) is 1. The molecule has 1 amide bonds. The summed E-state index contributed by atoms with van der Waals surface area (Å²) in [6.45, 7) is 3.44. The molecule has 7 heteroatoms. The first-order chi connectivity index (χ1) is 12.2. The molecule has 6 nitrogen and oxygen atoms in total. The average molecular weight is 377 g/mol. The van der Waals surface area contributed by atoms with Crippen molar-refractivity contribution >= 4 is 29.3 Å². The number of amides is 1. The minimum absolute atomic E-state index is 0.0460. The maximum atomic E-state index is 12.6. The second-order valence-corrected chi connectivity index (χ2v) is 6.52. The number of aromatic nitrogens is 1. The van der Waals surface area contributed by atoms with Crippen LogP contribution in [0.3, 0.4) is 0 Å². The van der Waals surface area contributed by atoms with Crippen molar-refractivity contribution in [3.05, 3.63) is 57.4 Å². The number of rotatable bonds is 6. The van der Waals surface area contributed by atoms with Gasteiger partial charge in [0.1, 0.15) is 0 Å². The quantitative estimate of drug-likeness (QED) is 0.620. The number of carbonyl (C=O) groups is 3. The Hall–Kier alpha value is -2.60. The first-order valence-electron chi connectivity index (χ1n) is 8.03. The van der Waals surface area contributed by atoms with Gasteiger partial charge in [-0.1, -0.05) is 23.7 Å². The Morgan fingerprint density at radius 3 is 2.54 bits per heavy atom. The minimum Gasteiger partial charge on any atom is -0.465 e. The van der Waals surface area contributed by atoms with Crippen molar-refractivity contribution in [2.24, 2.45) is 0 Å². The van der Waals surface area contributed by atoms with Crippen LogP contribution >= 0.6 is 11.6 Å². The average Bonchev–Trinajstić information content (AvgIpc) is 2.90. The number of halogens is 1. The number of ether oxygens (including phenoxy) is 1. The molecule has 1 heterocycles. The van der Waals surface area contributed by atoms with Crippen molar-refractivity contribution in [1.82, 2.24) is 9.88 Å². The fraction of sp³-hybridized carbons (Fsp3) is 0.316. The summed E-state index contributed by atoms with van der Waals surface area (Å²) in [4.78, 5) is 40.9. The van der Waals surface area contributed by atoms with E-state index in [1.165, 1.54) is 18.9 Å². The van der Waals surface area contributed by atoms with Gasteiger partial charge in [-0.25, -0.2) is 4.79 Å². The van der Waals surface area contributed by atoms with Crippen molar-refractivity contribution < 1.29 is 19.1 Å². The van der Waals surface area contributed by atoms with Gasteiger partial charge < -0.3 is 14.6 Å². The summed E-state index contributed by atoms with van der Waals surface area (Å²) in [5.41, 5.74) is 2.31. The van der Waals surface area contributed by atoms with E-state index in [0.29, 0.717) is 28.5 Å². The lowest BCUT2D eigenvalue weighted by atomic mass is 10.1. The predicted octanol–water partition coefficient (Wildman–Crippen LogP) is 3.17. The fourth-order valence-electron chi connectivity index (χ4n) is 2.81. The zero-order chi connectivity index (χ0) is 19.4. The lowest BCUT2D eigenvalue weighted by molar-refractivity contribution is -0.129. The van der Waals surface area contributed by atoms with Crippen LogP contribution in [0.4, 0.5) is 0 Å². The summed E-state index contributed by atoms with van der Waals surface area (Å²) >= 11 is 5.97. The topological polar surface area (TPSA) is 79.5 Å². The summed E-state index contributed by atoms with van der Waals surface area (Å²) < 4.78 is 4.79. The van der Waals surface area contributed by atoms with E-state index < -0.39 is 5.97 Å². The van der Waals surface area contributed by atoms with Crippen LogP contribution in [0.5, 0.6) is 0 Å². The summed E-state index contributed by atoms with van der Waals surface area (Å²) in [6.07, 6.45) is -0.0460. The zero-order valence-corrected chi connectivity index (χ0v) is 15.9. The first-order valence-corrected chi connectivity index (χ1v) is 8.41. The number of benzene rings is 1. The normalized spacial score (nSPS) is 10.5. The van der Waals surface area contributed by atoms with Crippen LogP contribution in [0.1, 0.15) is 44.6 Å². The predicted molar refractivity (Wildman–Crippen MR) is 98.5 cm³/mol. The van der Waals surface area contributed by atoms with Crippen molar-refractivity contribution in [3.63, 3.8) is 0 Å². The molecule has 0 spiro atoms. The molecule has 138 valence electrons. The second kappa shape index (κ2) is 8.19. The van der Waals surface area contributed by atoms with Gasteiger partial charge in [0.2, 0.25) is 5.91 Å². The van der Waals surface area contributed by atoms with Gasteiger partial charge in [-0.05, 0) is 30.2 Å². The highest BCUT2D eigenvalue weighted by atomic mass is 35.5. The van der Waals surface area contributed by atoms with Gasteiger partial charge >= 0.3 is 5.97 Å². The van der Waals surface area contributed by atoms with Crippen LogP contribution in [-0.4, -0.2) is 41.7 Å². The fourth-order valence-corrected chi connectivity index (χ4v) is 3.02. The zero-order valence-electron chi connectivity index (χ0n) is 15.2. The molecule has 1 aromatic heterocycles. The molecule has 26 heavy (non-hydrogen) atoms. The van der Waals surface area contributed by atoms with E-state index in [1.54, 1.807) is 26.1 Å². The molecule has 0 bridgehead atoms. The molecule has 2 aromatic rings. The van der Waals surface area contributed by atoms with E-state index in [4.69, 9.17) is 16.3 Å². The van der Waals surface area contributed by atoms with Crippen molar-refractivity contribution in [2.45, 2.75) is 26.8 Å². The number of nitrogens with one attached hydrogen (secondary N) is 1. The number of aromatic amines is 1. The largest absolute Gasteiger partial charge is 0.465 e. The van der Waals surface area contributed by atoms with E-state index in [2.05, 4.69) is 4.98 Å². The van der Waals surface area contributed by atoms with Crippen LogP contribution in [0.2, 0.25) is 5.02 Å². The molecule has 2 rings (SSSR count). The molecule has 0 unspecified atom stereocenters. The summed E-state index contributed by atoms with van der Waals surface area (Å²) in [5, 5.41) is 0.599. The maximum absolute atomic E-state index is 12.6. The van der Waals surface area contributed by atoms with Crippen molar-refractivity contribution in [2.75, 3.05) is 14.2 Å². The Morgan fingerprint density at radius 1 is 1.27 bits per heavy atom. The smallest absolute Gasteiger partial charge is 0.339 e. The molecule has 0 saturated heterocycles. The molecule has 1 N–H and O–H groups in total. The Kier molecular flexibility index (Phi) is 6.21. The van der Waals surface area contributed by atoms with Crippen molar-refractivity contribution in [1.29, 1.82) is 0 Å². The Bertz CT molecular complexity index is 857. The maximum Gasteiger partial charge on any atom is 0.339 e. The van der Waals surface area contributed by atoms with E-state index in [1.807, 2.05) is 12.1 Å². The van der Waals surface area contributed by atoms with E-state index in [0.717, 1.165) is 5.56 Å². The van der Waals surface area contributed by atoms with Gasteiger partial charge in [0, 0.05) is 31.2 Å². The lowest BCUT2D eigenvalue weighted by Crippen LogP contribution is -2.28. The molecule has 0 aliphatic rings. The van der Waals surface area contributed by atoms with Crippen LogP contribution in [-0.2, 0) is 22.5 Å². The van der Waals surface area contributed by atoms with Gasteiger partial charge in [-0.2, -0.15) is 0 Å². The van der Waals surface area contributed by atoms with Gasteiger partial charge in [-0.3, -0.25) is 9.59 Å². The number of Topliss-reactive ketones (excluding diaryl/α,β-unsaturated/α-hetero) is 1. The number of carbonyl (C=O) groups excluding carboxylic acids is 3. The molecule has 0 fully saturated rings. The SMILES string of the molecule is COC(=O)c1c(CC(=O)N(C)Cc2cccc(Cl)c2)[nH]c(C(C)=O)c1C. The number of ketones is 1. The number of hydrogen-bond acceptors (Lipinski definition) is 4. The summed E-state index contributed by atoms with van der Waals surface area (Å²) in [5.74, 6) is -0.989. The standard InChI is InChI=1S/C19H21ClN2O4/c1-11-17(19(25)26-4)15(21-18(11)12(2)23)9-16(24)22(3)10-13-6-5-7-14(20)8-13/h5-8,21H,9-10H2,1-4H3. The van der Waals surface area contributed by atoms with Crippen LogP contribution in [0.25, 0.3) is 0 Å². The van der Waals surface area contributed by atoms with E-state index in [-0.39, 0.29) is 23.7 Å². The monoisotopic (exact) mass is 376 g/mol. The number of hydrogen-bond donors (Lipinski definition) is 1. The first kappa shape index (κ1) is 19.7. The van der Waals surface area contributed by atoms with Gasteiger partial charge in [-0.15, -0.1) is 0 Å². The Morgan fingerprint density at radius 2 is 1.96 bits per heavy atom. The molecular formula is C19H21ClN2O4. The van der Waals surface area contributed by atoms with Gasteiger partial charge in [0.25, 0.3) is 0 Å². The number of methoxy groups -OCH3 is 1. The number of likely N-dealkylation sites (N-methyl/N-ethyl adjacent to an activating group) is 1. The Labute approximate surface area is 157 Å². The molecule has 1 aromatic carbocycles. The van der Waals surface area contributed by atoms with Crippen molar-refractivity contribution in [3.8, 4) is 0 Å². The third-order valence-electron chi connectivity index (χ3n) is 4.13. The van der Waals surface area contributed by atoms with Crippen LogP contribution in [0, 0.1) is 6.92 Å². The highest BCUT2D eigenvalue weighted by Gasteiger charge is 2.25. The number of esters is 1. The van der Waals surface area contributed by atoms with Gasteiger partial charge in [0.15, 0.2) is 5.78 Å².